The molecule has 0 amide bonds. The molecule has 0 fully saturated rings. The molecule has 1 aliphatic heterocycles. The highest BCUT2D eigenvalue weighted by atomic mass is 16.5. The Morgan fingerprint density at radius 2 is 1.76 bits per heavy atom. The Kier molecular flexibility index (Phi) is 4.82. The zero-order valence-electron chi connectivity index (χ0n) is 14.1. The van der Waals surface area contributed by atoms with E-state index in [2.05, 4.69) is 46.0 Å². The summed E-state index contributed by atoms with van der Waals surface area (Å²) in [4.78, 5) is 0. The molecule has 1 aromatic carbocycles. The number of para-hydroxylation sites is 1. The highest BCUT2D eigenvalue weighted by Gasteiger charge is 2.25. The summed E-state index contributed by atoms with van der Waals surface area (Å²) in [6.07, 6.45) is 2.06. The van der Waals surface area contributed by atoms with Crippen molar-refractivity contribution in [1.29, 1.82) is 0 Å². The first kappa shape index (κ1) is 16.2. The molecule has 3 heteroatoms. The van der Waals surface area contributed by atoms with Crippen LogP contribution < -0.4 is 14.8 Å². The van der Waals surface area contributed by atoms with Crippen molar-refractivity contribution < 1.29 is 9.47 Å². The largest absolute Gasteiger partial charge is 0.490 e. The number of ether oxygens (including phenoxy) is 2. The number of fused-ring (bicyclic) bond motifs is 1. The van der Waals surface area contributed by atoms with Crippen LogP contribution in [0.4, 0.5) is 0 Å². The summed E-state index contributed by atoms with van der Waals surface area (Å²) in [6.45, 7) is 13.6. The third kappa shape index (κ3) is 4.92. The maximum absolute atomic E-state index is 5.88. The molecule has 0 unspecified atom stereocenters. The standard InChI is InChI=1S/C18H29NO2/c1-17(2,3)13-18(4,5)19-12-14-8-6-9-15-16(14)21-11-7-10-20-15/h6,8-9,19H,7,10-13H2,1-5H3. The van der Waals surface area contributed by atoms with Crippen molar-refractivity contribution in [1.82, 2.24) is 5.32 Å². The van der Waals surface area contributed by atoms with Crippen LogP contribution in [0.5, 0.6) is 11.5 Å². The van der Waals surface area contributed by atoms with Crippen LogP contribution >= 0.6 is 0 Å². The topological polar surface area (TPSA) is 30.5 Å². The fourth-order valence-corrected chi connectivity index (χ4v) is 3.12. The van der Waals surface area contributed by atoms with E-state index in [1.807, 2.05) is 12.1 Å². The first-order valence-corrected chi connectivity index (χ1v) is 7.89. The van der Waals surface area contributed by atoms with E-state index in [0.717, 1.165) is 44.1 Å². The Morgan fingerprint density at radius 3 is 2.48 bits per heavy atom. The number of benzene rings is 1. The van der Waals surface area contributed by atoms with Crippen LogP contribution in [0, 0.1) is 5.41 Å². The molecule has 0 spiro atoms. The van der Waals surface area contributed by atoms with Crippen molar-refractivity contribution in [3.05, 3.63) is 23.8 Å². The van der Waals surface area contributed by atoms with E-state index in [-0.39, 0.29) is 5.54 Å². The lowest BCUT2D eigenvalue weighted by molar-refractivity contribution is 0.239. The van der Waals surface area contributed by atoms with E-state index in [1.165, 1.54) is 5.56 Å². The third-order valence-corrected chi connectivity index (χ3v) is 3.58. The van der Waals surface area contributed by atoms with Crippen LogP contribution in [-0.4, -0.2) is 18.8 Å². The first-order chi connectivity index (χ1) is 9.77. The van der Waals surface area contributed by atoms with Gasteiger partial charge in [-0.15, -0.1) is 0 Å². The van der Waals surface area contributed by atoms with Crippen LogP contribution in [0.2, 0.25) is 0 Å². The zero-order chi connectivity index (χ0) is 15.5. The zero-order valence-corrected chi connectivity index (χ0v) is 14.1. The van der Waals surface area contributed by atoms with E-state index in [4.69, 9.17) is 9.47 Å². The van der Waals surface area contributed by atoms with Crippen molar-refractivity contribution in [2.75, 3.05) is 13.2 Å². The van der Waals surface area contributed by atoms with E-state index in [0.29, 0.717) is 5.41 Å². The monoisotopic (exact) mass is 291 g/mol. The van der Waals surface area contributed by atoms with Gasteiger partial charge in [0.25, 0.3) is 0 Å². The minimum atomic E-state index is 0.0898. The lowest BCUT2D eigenvalue weighted by Crippen LogP contribution is -2.41. The summed E-state index contributed by atoms with van der Waals surface area (Å²) in [5.74, 6) is 1.79. The lowest BCUT2D eigenvalue weighted by atomic mass is 9.82. The molecule has 1 heterocycles. The van der Waals surface area contributed by atoms with Gasteiger partial charge in [-0.2, -0.15) is 0 Å². The van der Waals surface area contributed by atoms with Crippen LogP contribution in [0.15, 0.2) is 18.2 Å². The molecule has 3 nitrogen and oxygen atoms in total. The average Bonchev–Trinajstić information content (AvgIpc) is 2.58. The molecule has 1 N–H and O–H groups in total. The fraction of sp³-hybridized carbons (Fsp3) is 0.667. The van der Waals surface area contributed by atoms with Gasteiger partial charge in [-0.25, -0.2) is 0 Å². The minimum absolute atomic E-state index is 0.0898. The normalized spacial score (nSPS) is 15.7. The second-order valence-electron chi connectivity index (χ2n) is 7.77. The summed E-state index contributed by atoms with van der Waals surface area (Å²) >= 11 is 0. The molecule has 2 rings (SSSR count). The summed E-state index contributed by atoms with van der Waals surface area (Å²) < 4.78 is 11.6. The van der Waals surface area contributed by atoms with E-state index in [1.54, 1.807) is 0 Å². The van der Waals surface area contributed by atoms with E-state index in [9.17, 15) is 0 Å². The Morgan fingerprint density at radius 1 is 1.05 bits per heavy atom. The molecule has 21 heavy (non-hydrogen) atoms. The van der Waals surface area contributed by atoms with Crippen LogP contribution in [-0.2, 0) is 6.54 Å². The Bertz CT molecular complexity index is 475. The maximum atomic E-state index is 5.88. The molecule has 118 valence electrons. The molecule has 1 aliphatic rings. The summed E-state index contributed by atoms with van der Waals surface area (Å²) in [5, 5.41) is 3.67. The third-order valence-electron chi connectivity index (χ3n) is 3.58. The van der Waals surface area contributed by atoms with Gasteiger partial charge in [0.2, 0.25) is 0 Å². The number of rotatable bonds is 4. The maximum Gasteiger partial charge on any atom is 0.165 e. The SMILES string of the molecule is CC(C)(C)CC(C)(C)NCc1cccc2c1OCCCO2. The Labute approximate surface area is 129 Å². The van der Waals surface area contributed by atoms with Gasteiger partial charge >= 0.3 is 0 Å². The second kappa shape index (κ2) is 6.27. The van der Waals surface area contributed by atoms with Crippen molar-refractivity contribution in [3.8, 4) is 11.5 Å². The molecule has 0 bridgehead atoms. The average molecular weight is 291 g/mol. The van der Waals surface area contributed by atoms with E-state index < -0.39 is 0 Å². The Balaban J connectivity index is 2.07. The highest BCUT2D eigenvalue weighted by molar-refractivity contribution is 5.47. The van der Waals surface area contributed by atoms with Gasteiger partial charge < -0.3 is 14.8 Å². The van der Waals surface area contributed by atoms with Crippen LogP contribution in [0.25, 0.3) is 0 Å². The van der Waals surface area contributed by atoms with Gasteiger partial charge in [-0.1, -0.05) is 32.9 Å². The van der Waals surface area contributed by atoms with Crippen molar-refractivity contribution in [2.24, 2.45) is 5.41 Å². The predicted molar refractivity (Wildman–Crippen MR) is 87.0 cm³/mol. The molecule has 0 saturated heterocycles. The van der Waals surface area contributed by atoms with Crippen molar-refractivity contribution in [2.45, 2.75) is 59.5 Å². The molecule has 0 atom stereocenters. The van der Waals surface area contributed by atoms with Gasteiger partial charge in [0.1, 0.15) is 0 Å². The quantitative estimate of drug-likeness (QED) is 0.904. The van der Waals surface area contributed by atoms with Gasteiger partial charge in [0.05, 0.1) is 13.2 Å². The van der Waals surface area contributed by atoms with Gasteiger partial charge in [0.15, 0.2) is 11.5 Å². The minimum Gasteiger partial charge on any atom is -0.490 e. The summed E-state index contributed by atoms with van der Waals surface area (Å²) in [7, 11) is 0. The van der Waals surface area contributed by atoms with Gasteiger partial charge in [0, 0.05) is 24.1 Å². The molecule has 0 aromatic heterocycles. The molecule has 1 aromatic rings. The fourth-order valence-electron chi connectivity index (χ4n) is 3.12. The van der Waals surface area contributed by atoms with Gasteiger partial charge in [-0.05, 0) is 31.7 Å². The number of nitrogens with one attached hydrogen (secondary N) is 1. The summed E-state index contributed by atoms with van der Waals surface area (Å²) in [5.41, 5.74) is 1.58. The molecular formula is C18H29NO2. The molecule has 0 saturated carbocycles. The molecule has 0 aliphatic carbocycles. The van der Waals surface area contributed by atoms with Crippen LogP contribution in [0.3, 0.4) is 0 Å². The van der Waals surface area contributed by atoms with Crippen LogP contribution in [0.1, 0.15) is 53.0 Å². The highest BCUT2D eigenvalue weighted by Crippen LogP contribution is 2.34. The van der Waals surface area contributed by atoms with Gasteiger partial charge in [-0.3, -0.25) is 0 Å². The summed E-state index contributed by atoms with van der Waals surface area (Å²) in [6, 6.07) is 6.15. The number of hydrogen-bond donors (Lipinski definition) is 1. The lowest BCUT2D eigenvalue weighted by Gasteiger charge is -2.33. The molecule has 0 radical (unpaired) electrons. The van der Waals surface area contributed by atoms with Crippen molar-refractivity contribution >= 4 is 0 Å². The first-order valence-electron chi connectivity index (χ1n) is 7.89. The number of hydrogen-bond acceptors (Lipinski definition) is 3. The molecular weight excluding hydrogens is 262 g/mol. The van der Waals surface area contributed by atoms with E-state index >= 15 is 0 Å². The van der Waals surface area contributed by atoms with Crippen molar-refractivity contribution in [3.63, 3.8) is 0 Å². The Hall–Kier alpha value is -1.22. The predicted octanol–water partition coefficient (Wildman–Crippen LogP) is 4.15. The smallest absolute Gasteiger partial charge is 0.165 e. The second-order valence-corrected chi connectivity index (χ2v) is 7.77.